The maximum Gasteiger partial charge on any atom is 0.183 e. The number of allylic oxidation sites excluding steroid dienone is 1. The Balaban J connectivity index is 1.44. The van der Waals surface area contributed by atoms with Gasteiger partial charge in [-0.1, -0.05) is 85.1 Å². The summed E-state index contributed by atoms with van der Waals surface area (Å²) >= 11 is 3.37. The number of hydrogen-bond donors (Lipinski definition) is 2. The summed E-state index contributed by atoms with van der Waals surface area (Å²) in [6, 6.07) is 20.8. The molecule has 144 valence electrons. The van der Waals surface area contributed by atoms with E-state index in [-0.39, 0.29) is 0 Å². The third-order valence-corrected chi connectivity index (χ3v) is 6.09. The zero-order valence-corrected chi connectivity index (χ0v) is 17.7. The van der Waals surface area contributed by atoms with E-state index in [1.165, 1.54) is 20.9 Å². The van der Waals surface area contributed by atoms with Crippen LogP contribution < -0.4 is 10.6 Å². The molecule has 0 fully saturated rings. The molecule has 1 heterocycles. The number of thioether (sulfide) groups is 1. The van der Waals surface area contributed by atoms with Crippen molar-refractivity contribution in [1.29, 1.82) is 0 Å². The van der Waals surface area contributed by atoms with Crippen LogP contribution in [0.15, 0.2) is 89.4 Å². The predicted octanol–water partition coefficient (Wildman–Crippen LogP) is 6.04. The fraction of sp³-hybridized carbons (Fsp3) is 0.174. The molecular weight excluding hydrogens is 382 g/mol. The van der Waals surface area contributed by atoms with Crippen LogP contribution in [0.3, 0.4) is 0 Å². The lowest BCUT2D eigenvalue weighted by Gasteiger charge is -2.12. The van der Waals surface area contributed by atoms with Gasteiger partial charge in [0.25, 0.3) is 0 Å². The van der Waals surface area contributed by atoms with Crippen LogP contribution in [-0.4, -0.2) is 11.5 Å². The first-order valence-electron chi connectivity index (χ1n) is 9.25. The fourth-order valence-corrected chi connectivity index (χ4v) is 4.18. The molecular formula is C23H25N3S2. The Morgan fingerprint density at radius 2 is 1.75 bits per heavy atom. The summed E-state index contributed by atoms with van der Waals surface area (Å²) in [7, 11) is 0. The third-order valence-electron chi connectivity index (χ3n) is 4.10. The number of rotatable bonds is 10. The topological polar surface area (TPSA) is 37.0 Å². The Bertz CT molecular complexity index is 902. The van der Waals surface area contributed by atoms with E-state index >= 15 is 0 Å². The largest absolute Gasteiger partial charge is 0.376 e. The molecule has 1 aromatic heterocycles. The maximum atomic E-state index is 4.51. The lowest BCUT2D eigenvalue weighted by atomic mass is 10.1. The van der Waals surface area contributed by atoms with E-state index in [4.69, 9.17) is 0 Å². The molecule has 0 aliphatic carbocycles. The van der Waals surface area contributed by atoms with Crippen LogP contribution in [0.25, 0.3) is 0 Å². The number of thiazole rings is 1. The first-order chi connectivity index (χ1) is 13.7. The number of anilines is 1. The Morgan fingerprint density at radius 3 is 2.43 bits per heavy atom. The van der Waals surface area contributed by atoms with Crippen molar-refractivity contribution < 1.29 is 0 Å². The summed E-state index contributed by atoms with van der Waals surface area (Å²) in [4.78, 5) is 6.98. The van der Waals surface area contributed by atoms with Crippen LogP contribution in [0.1, 0.15) is 22.9 Å². The molecule has 0 saturated heterocycles. The summed E-state index contributed by atoms with van der Waals surface area (Å²) in [6.45, 7) is 7.71. The van der Waals surface area contributed by atoms with Gasteiger partial charge in [0.2, 0.25) is 0 Å². The van der Waals surface area contributed by atoms with Gasteiger partial charge < -0.3 is 10.6 Å². The normalized spacial score (nSPS) is 11.2. The van der Waals surface area contributed by atoms with Crippen LogP contribution in [0.4, 0.5) is 5.13 Å². The van der Waals surface area contributed by atoms with Gasteiger partial charge in [-0.15, -0.1) is 11.3 Å². The van der Waals surface area contributed by atoms with Crippen LogP contribution in [0.5, 0.6) is 0 Å². The average Bonchev–Trinajstić information content (AvgIpc) is 3.18. The molecule has 0 aliphatic heterocycles. The summed E-state index contributed by atoms with van der Waals surface area (Å²) in [6.07, 6.45) is 5.00. The average molecular weight is 408 g/mol. The molecule has 0 radical (unpaired) electrons. The molecule has 0 aliphatic rings. The Kier molecular flexibility index (Phi) is 7.76. The summed E-state index contributed by atoms with van der Waals surface area (Å²) in [5.41, 5.74) is 2.56. The Hall–Kier alpha value is -2.50. The molecule has 0 saturated carbocycles. The molecule has 0 atom stereocenters. The van der Waals surface area contributed by atoms with Crippen molar-refractivity contribution in [3.8, 4) is 0 Å². The van der Waals surface area contributed by atoms with Crippen molar-refractivity contribution >= 4 is 28.2 Å². The van der Waals surface area contributed by atoms with Crippen molar-refractivity contribution in [3.63, 3.8) is 0 Å². The van der Waals surface area contributed by atoms with E-state index in [0.717, 1.165) is 29.7 Å². The van der Waals surface area contributed by atoms with Crippen LogP contribution in [0.2, 0.25) is 0 Å². The number of aromatic nitrogens is 1. The summed E-state index contributed by atoms with van der Waals surface area (Å²) in [5, 5.41) is 8.71. The lowest BCUT2D eigenvalue weighted by molar-refractivity contribution is 0.860. The minimum atomic E-state index is 0.742. The number of nitrogens with one attached hydrogen (secondary N) is 2. The van der Waals surface area contributed by atoms with Gasteiger partial charge in [-0.2, -0.15) is 0 Å². The Morgan fingerprint density at radius 1 is 1.07 bits per heavy atom. The van der Waals surface area contributed by atoms with Crippen molar-refractivity contribution in [2.45, 2.75) is 19.9 Å². The summed E-state index contributed by atoms with van der Waals surface area (Å²) < 4.78 is 0. The van der Waals surface area contributed by atoms with Gasteiger partial charge in [0.05, 0.1) is 5.03 Å². The van der Waals surface area contributed by atoms with Gasteiger partial charge >= 0.3 is 0 Å². The minimum Gasteiger partial charge on any atom is -0.376 e. The number of benzene rings is 2. The first-order valence-corrected chi connectivity index (χ1v) is 10.9. The predicted molar refractivity (Wildman–Crippen MR) is 124 cm³/mol. The summed E-state index contributed by atoms with van der Waals surface area (Å²) in [5.74, 6) is 0. The highest BCUT2D eigenvalue weighted by Crippen LogP contribution is 2.25. The van der Waals surface area contributed by atoms with Crippen LogP contribution in [0, 0.1) is 0 Å². The first kappa shape index (κ1) is 20.2. The monoisotopic (exact) mass is 407 g/mol. The van der Waals surface area contributed by atoms with Gasteiger partial charge in [-0.05, 0) is 18.1 Å². The second-order valence-electron chi connectivity index (χ2n) is 6.27. The van der Waals surface area contributed by atoms with Gasteiger partial charge in [-0.3, -0.25) is 0 Å². The van der Waals surface area contributed by atoms with E-state index in [1.807, 2.05) is 30.5 Å². The molecule has 28 heavy (non-hydrogen) atoms. The van der Waals surface area contributed by atoms with Crippen LogP contribution >= 0.6 is 23.1 Å². The number of hydrogen-bond acceptors (Lipinski definition) is 5. The third kappa shape index (κ3) is 6.59. The molecule has 3 nitrogen and oxygen atoms in total. The maximum absolute atomic E-state index is 4.51. The fourth-order valence-electron chi connectivity index (χ4n) is 2.62. The van der Waals surface area contributed by atoms with Gasteiger partial charge in [0.1, 0.15) is 0 Å². The SMILES string of the molecule is C=C(NCc1ccccc1)S/C(=C\C)CNc1ncc(Cc2ccccc2)s1. The molecule has 0 amide bonds. The molecule has 0 bridgehead atoms. The van der Waals surface area contributed by atoms with E-state index in [2.05, 4.69) is 71.6 Å². The molecule has 5 heteroatoms. The highest BCUT2D eigenvalue weighted by Gasteiger charge is 2.06. The minimum absolute atomic E-state index is 0.742. The van der Waals surface area contributed by atoms with Crippen LogP contribution in [-0.2, 0) is 13.0 Å². The highest BCUT2D eigenvalue weighted by atomic mass is 32.2. The zero-order chi connectivity index (χ0) is 19.6. The van der Waals surface area contributed by atoms with E-state index in [9.17, 15) is 0 Å². The molecule has 2 N–H and O–H groups in total. The quantitative estimate of drug-likeness (QED) is 0.429. The van der Waals surface area contributed by atoms with Gasteiger partial charge in [0.15, 0.2) is 5.13 Å². The molecule has 0 spiro atoms. The van der Waals surface area contributed by atoms with E-state index in [0.29, 0.717) is 0 Å². The van der Waals surface area contributed by atoms with Crippen molar-refractivity contribution in [3.05, 3.63) is 105 Å². The zero-order valence-electron chi connectivity index (χ0n) is 16.0. The van der Waals surface area contributed by atoms with Crippen molar-refractivity contribution in [2.75, 3.05) is 11.9 Å². The van der Waals surface area contributed by atoms with Gasteiger partial charge in [-0.25, -0.2) is 4.98 Å². The highest BCUT2D eigenvalue weighted by molar-refractivity contribution is 8.06. The molecule has 3 rings (SSSR count). The van der Waals surface area contributed by atoms with E-state index in [1.54, 1.807) is 23.1 Å². The lowest BCUT2D eigenvalue weighted by Crippen LogP contribution is -2.11. The molecule has 3 aromatic rings. The Labute approximate surface area is 175 Å². The van der Waals surface area contributed by atoms with E-state index < -0.39 is 0 Å². The van der Waals surface area contributed by atoms with Gasteiger partial charge in [0, 0.05) is 35.5 Å². The second kappa shape index (κ2) is 10.7. The van der Waals surface area contributed by atoms with Crippen molar-refractivity contribution in [2.24, 2.45) is 0 Å². The molecule has 0 unspecified atom stereocenters. The second-order valence-corrected chi connectivity index (χ2v) is 8.60. The molecule has 2 aromatic carbocycles. The smallest absolute Gasteiger partial charge is 0.183 e. The number of nitrogens with zero attached hydrogens (tertiary/aromatic N) is 1. The van der Waals surface area contributed by atoms with Crippen molar-refractivity contribution in [1.82, 2.24) is 10.3 Å². The standard InChI is InChI=1S/C23H25N3S2/c1-3-21(27-18(2)24-15-20-12-8-5-9-13-20)16-25-23-26-17-22(28-23)14-19-10-6-4-7-11-19/h3-13,17,24H,2,14-16H2,1H3,(H,25,26)/b21-3-.